The average Bonchev–Trinajstić information content (AvgIpc) is 2.75. The molecule has 0 saturated heterocycles. The number of anilines is 1. The summed E-state index contributed by atoms with van der Waals surface area (Å²) in [5.41, 5.74) is 0.939. The highest BCUT2D eigenvalue weighted by Crippen LogP contribution is 2.34. The minimum atomic E-state index is -0.153. The van der Waals surface area contributed by atoms with E-state index in [1.165, 1.54) is 6.42 Å². The summed E-state index contributed by atoms with van der Waals surface area (Å²) in [5.74, 6) is 0.933. The molecule has 0 bridgehead atoms. The zero-order valence-electron chi connectivity index (χ0n) is 16.2. The molecule has 7 heteroatoms. The second-order valence-electron chi connectivity index (χ2n) is 7.34. The van der Waals surface area contributed by atoms with E-state index in [-0.39, 0.29) is 36.5 Å². The molecule has 28 heavy (non-hydrogen) atoms. The van der Waals surface area contributed by atoms with Crippen LogP contribution < -0.4 is 15.5 Å². The minimum Gasteiger partial charge on any atom is -0.354 e. The SMILES string of the molecule is O=C(CCC(=O)N1CCSc2ccccc21)NCCNC(=O)C1CCCCC1. The van der Waals surface area contributed by atoms with Crippen molar-refractivity contribution in [2.24, 2.45) is 5.92 Å². The quantitative estimate of drug-likeness (QED) is 0.686. The average molecular weight is 404 g/mol. The van der Waals surface area contributed by atoms with Gasteiger partial charge in [-0.25, -0.2) is 0 Å². The van der Waals surface area contributed by atoms with Gasteiger partial charge >= 0.3 is 0 Å². The normalized spacial score (nSPS) is 16.9. The van der Waals surface area contributed by atoms with E-state index in [0.29, 0.717) is 19.6 Å². The standard InChI is InChI=1S/C21H29N3O3S/c25-19(22-12-13-23-21(27)16-6-2-1-3-7-16)10-11-20(26)24-14-15-28-18-9-5-4-8-17(18)24/h4-5,8-9,16H,1-3,6-7,10-15H2,(H,22,25)(H,23,27). The molecule has 152 valence electrons. The Labute approximate surface area is 170 Å². The first-order chi connectivity index (χ1) is 13.6. The smallest absolute Gasteiger partial charge is 0.227 e. The third kappa shape index (κ3) is 5.74. The number of rotatable bonds is 7. The van der Waals surface area contributed by atoms with Gasteiger partial charge in [0.25, 0.3) is 0 Å². The molecule has 1 aliphatic carbocycles. The number of fused-ring (bicyclic) bond motifs is 1. The summed E-state index contributed by atoms with van der Waals surface area (Å²) in [7, 11) is 0. The highest BCUT2D eigenvalue weighted by atomic mass is 32.2. The first kappa shape index (κ1) is 20.7. The Hall–Kier alpha value is -2.02. The second-order valence-corrected chi connectivity index (χ2v) is 8.47. The summed E-state index contributed by atoms with van der Waals surface area (Å²) in [6, 6.07) is 7.88. The van der Waals surface area contributed by atoms with Crippen LogP contribution in [0.25, 0.3) is 0 Å². The lowest BCUT2D eigenvalue weighted by Gasteiger charge is -2.29. The van der Waals surface area contributed by atoms with Crippen molar-refractivity contribution in [3.63, 3.8) is 0 Å². The minimum absolute atomic E-state index is 0.0199. The fourth-order valence-corrected chi connectivity index (χ4v) is 4.76. The predicted molar refractivity (Wildman–Crippen MR) is 111 cm³/mol. The molecule has 0 unspecified atom stereocenters. The Kier molecular flexibility index (Phi) is 7.77. The van der Waals surface area contributed by atoms with Gasteiger partial charge in [0.1, 0.15) is 0 Å². The van der Waals surface area contributed by atoms with Crippen molar-refractivity contribution >= 4 is 35.2 Å². The second kappa shape index (κ2) is 10.5. The summed E-state index contributed by atoms with van der Waals surface area (Å²) in [6.07, 6.45) is 5.78. The molecule has 3 amide bonds. The highest BCUT2D eigenvalue weighted by Gasteiger charge is 2.23. The van der Waals surface area contributed by atoms with Crippen LogP contribution in [-0.4, -0.2) is 43.1 Å². The number of amides is 3. The molecule has 2 N–H and O–H groups in total. The molecular formula is C21H29N3O3S. The van der Waals surface area contributed by atoms with E-state index in [1.54, 1.807) is 16.7 Å². The monoisotopic (exact) mass is 403 g/mol. The summed E-state index contributed by atoms with van der Waals surface area (Å²) in [6.45, 7) is 1.51. The Morgan fingerprint density at radius 3 is 2.57 bits per heavy atom. The molecule has 1 aliphatic heterocycles. The molecular weight excluding hydrogens is 374 g/mol. The van der Waals surface area contributed by atoms with Crippen LogP contribution in [0, 0.1) is 5.92 Å². The maximum absolute atomic E-state index is 12.5. The van der Waals surface area contributed by atoms with E-state index >= 15 is 0 Å². The zero-order valence-corrected chi connectivity index (χ0v) is 17.1. The van der Waals surface area contributed by atoms with Crippen LogP contribution in [0.1, 0.15) is 44.9 Å². The van der Waals surface area contributed by atoms with Crippen LogP contribution in [0.4, 0.5) is 5.69 Å². The van der Waals surface area contributed by atoms with E-state index in [0.717, 1.165) is 42.0 Å². The molecule has 0 atom stereocenters. The molecule has 2 aliphatic rings. The molecule has 1 heterocycles. The lowest BCUT2D eigenvalue weighted by Crippen LogP contribution is -2.39. The van der Waals surface area contributed by atoms with Gasteiger partial charge in [0.15, 0.2) is 0 Å². The van der Waals surface area contributed by atoms with Crippen LogP contribution in [0.3, 0.4) is 0 Å². The number of thioether (sulfide) groups is 1. The Morgan fingerprint density at radius 2 is 1.75 bits per heavy atom. The van der Waals surface area contributed by atoms with E-state index < -0.39 is 0 Å². The zero-order chi connectivity index (χ0) is 19.8. The van der Waals surface area contributed by atoms with Crippen LogP contribution in [0.15, 0.2) is 29.2 Å². The largest absolute Gasteiger partial charge is 0.354 e. The maximum Gasteiger partial charge on any atom is 0.227 e. The van der Waals surface area contributed by atoms with Crippen molar-refractivity contribution in [2.45, 2.75) is 49.8 Å². The number of nitrogens with one attached hydrogen (secondary N) is 2. The summed E-state index contributed by atoms with van der Waals surface area (Å²) in [4.78, 5) is 39.5. The Morgan fingerprint density at radius 1 is 1.00 bits per heavy atom. The van der Waals surface area contributed by atoms with E-state index in [9.17, 15) is 14.4 Å². The molecule has 6 nitrogen and oxygen atoms in total. The topological polar surface area (TPSA) is 78.5 Å². The van der Waals surface area contributed by atoms with Gasteiger partial charge in [0.05, 0.1) is 5.69 Å². The first-order valence-electron chi connectivity index (χ1n) is 10.2. The number of para-hydroxylation sites is 1. The molecule has 3 rings (SSSR count). The third-order valence-electron chi connectivity index (χ3n) is 5.32. The van der Waals surface area contributed by atoms with Crippen molar-refractivity contribution in [2.75, 3.05) is 30.3 Å². The van der Waals surface area contributed by atoms with Gasteiger partial charge < -0.3 is 15.5 Å². The van der Waals surface area contributed by atoms with Crippen LogP contribution in [0.2, 0.25) is 0 Å². The molecule has 0 spiro atoms. The molecule has 0 aromatic heterocycles. The first-order valence-corrected chi connectivity index (χ1v) is 11.2. The molecule has 1 aromatic carbocycles. The molecule has 1 aromatic rings. The number of carbonyl (C=O) groups is 3. The maximum atomic E-state index is 12.5. The lowest BCUT2D eigenvalue weighted by atomic mass is 9.89. The van der Waals surface area contributed by atoms with Crippen LogP contribution in [0.5, 0.6) is 0 Å². The van der Waals surface area contributed by atoms with Crippen molar-refractivity contribution in [3.8, 4) is 0 Å². The number of carbonyl (C=O) groups excluding carboxylic acids is 3. The highest BCUT2D eigenvalue weighted by molar-refractivity contribution is 7.99. The van der Waals surface area contributed by atoms with Gasteiger partial charge in [-0.05, 0) is 25.0 Å². The lowest BCUT2D eigenvalue weighted by molar-refractivity contribution is -0.126. The third-order valence-corrected chi connectivity index (χ3v) is 6.36. The van der Waals surface area contributed by atoms with Gasteiger partial charge in [-0.15, -0.1) is 11.8 Å². The van der Waals surface area contributed by atoms with Gasteiger partial charge in [-0.2, -0.15) is 0 Å². The van der Waals surface area contributed by atoms with E-state index in [1.807, 2.05) is 24.3 Å². The van der Waals surface area contributed by atoms with Gasteiger partial charge in [-0.1, -0.05) is 31.4 Å². The van der Waals surface area contributed by atoms with Crippen molar-refractivity contribution in [1.82, 2.24) is 10.6 Å². The van der Waals surface area contributed by atoms with Gasteiger partial charge in [0, 0.05) is 49.0 Å². The van der Waals surface area contributed by atoms with Crippen molar-refractivity contribution in [3.05, 3.63) is 24.3 Å². The molecule has 0 radical (unpaired) electrons. The van der Waals surface area contributed by atoms with Crippen LogP contribution in [-0.2, 0) is 14.4 Å². The summed E-state index contributed by atoms with van der Waals surface area (Å²) < 4.78 is 0. The van der Waals surface area contributed by atoms with E-state index in [4.69, 9.17) is 0 Å². The number of benzene rings is 1. The number of hydrogen-bond acceptors (Lipinski definition) is 4. The van der Waals surface area contributed by atoms with Gasteiger partial charge in [-0.3, -0.25) is 14.4 Å². The van der Waals surface area contributed by atoms with Crippen LogP contribution >= 0.6 is 11.8 Å². The number of nitrogens with zero attached hydrogens (tertiary/aromatic N) is 1. The van der Waals surface area contributed by atoms with Crippen molar-refractivity contribution < 1.29 is 14.4 Å². The molecule has 1 saturated carbocycles. The van der Waals surface area contributed by atoms with Gasteiger partial charge in [0.2, 0.25) is 17.7 Å². The summed E-state index contributed by atoms with van der Waals surface area (Å²) >= 11 is 1.75. The molecule has 1 fully saturated rings. The Bertz CT molecular complexity index is 704. The Balaban J connectivity index is 1.33. The summed E-state index contributed by atoms with van der Waals surface area (Å²) in [5, 5.41) is 5.69. The van der Waals surface area contributed by atoms with Crippen molar-refractivity contribution in [1.29, 1.82) is 0 Å². The number of hydrogen-bond donors (Lipinski definition) is 2. The van der Waals surface area contributed by atoms with E-state index in [2.05, 4.69) is 10.6 Å². The fraction of sp³-hybridized carbons (Fsp3) is 0.571. The predicted octanol–water partition coefficient (Wildman–Crippen LogP) is 2.72. The fourth-order valence-electron chi connectivity index (χ4n) is 3.77.